The number of ether oxygens (including phenoxy) is 4. The first-order valence-electron chi connectivity index (χ1n) is 12.5. The molecule has 4 aromatic rings. The molecule has 1 atom stereocenters. The molecule has 0 aliphatic carbocycles. The highest BCUT2D eigenvalue weighted by atomic mass is 35.5. The van der Waals surface area contributed by atoms with Crippen LogP contribution in [-0.4, -0.2) is 31.0 Å². The minimum atomic E-state index is -0.810. The third kappa shape index (κ3) is 4.57. The first-order valence-corrected chi connectivity index (χ1v) is 13.7. The van der Waals surface area contributed by atoms with E-state index < -0.39 is 12.0 Å². The van der Waals surface area contributed by atoms with Gasteiger partial charge in [0.15, 0.2) is 16.3 Å². The minimum absolute atomic E-state index is 0.108. The number of methoxy groups -OCH3 is 1. The Morgan fingerprint density at radius 3 is 2.65 bits per heavy atom. The van der Waals surface area contributed by atoms with Crippen LogP contribution in [0.1, 0.15) is 29.7 Å². The molecule has 0 bridgehead atoms. The maximum atomic E-state index is 14.0. The zero-order valence-corrected chi connectivity index (χ0v) is 23.1. The Hall–Kier alpha value is -4.34. The fraction of sp³-hybridized carbons (Fsp3) is 0.167. The summed E-state index contributed by atoms with van der Waals surface area (Å²) in [5.41, 5.74) is 2.40. The topological polar surface area (TPSA) is 88.4 Å². The number of aromatic nitrogens is 1. The lowest BCUT2D eigenvalue weighted by atomic mass is 9.93. The van der Waals surface area contributed by atoms with Crippen LogP contribution in [0.25, 0.3) is 11.8 Å². The molecule has 8 nitrogen and oxygen atoms in total. The van der Waals surface area contributed by atoms with Crippen LogP contribution < -0.4 is 29.1 Å². The molecule has 2 aliphatic rings. The summed E-state index contributed by atoms with van der Waals surface area (Å²) in [5.74, 6) is 1.14. The molecular formula is C30H23ClN2O6S. The van der Waals surface area contributed by atoms with E-state index in [9.17, 15) is 9.59 Å². The van der Waals surface area contributed by atoms with E-state index >= 15 is 0 Å². The third-order valence-electron chi connectivity index (χ3n) is 6.56. The molecular weight excluding hydrogens is 552 g/mol. The molecule has 3 heterocycles. The van der Waals surface area contributed by atoms with Gasteiger partial charge >= 0.3 is 5.97 Å². The van der Waals surface area contributed by atoms with E-state index in [1.54, 1.807) is 38.3 Å². The first-order chi connectivity index (χ1) is 19.5. The Labute approximate surface area is 238 Å². The van der Waals surface area contributed by atoms with Crippen LogP contribution in [-0.2, 0) is 9.53 Å². The van der Waals surface area contributed by atoms with Gasteiger partial charge in [-0.1, -0.05) is 65.4 Å². The summed E-state index contributed by atoms with van der Waals surface area (Å²) in [6, 6.07) is 19.3. The van der Waals surface area contributed by atoms with E-state index in [1.807, 2.05) is 48.5 Å². The Bertz CT molecular complexity index is 1840. The van der Waals surface area contributed by atoms with Crippen molar-refractivity contribution in [3.05, 3.63) is 114 Å². The number of benzene rings is 3. The Morgan fingerprint density at radius 1 is 1.12 bits per heavy atom. The number of carbonyl (C=O) groups is 1. The zero-order chi connectivity index (χ0) is 27.8. The molecule has 0 spiro atoms. The van der Waals surface area contributed by atoms with Crippen molar-refractivity contribution in [1.82, 2.24) is 4.57 Å². The van der Waals surface area contributed by atoms with Gasteiger partial charge in [0.25, 0.3) is 5.56 Å². The molecule has 6 rings (SSSR count). The number of fused-ring (bicyclic) bond motifs is 2. The van der Waals surface area contributed by atoms with Gasteiger partial charge in [0, 0.05) is 11.6 Å². The van der Waals surface area contributed by atoms with E-state index in [1.165, 1.54) is 15.9 Å². The molecule has 10 heteroatoms. The van der Waals surface area contributed by atoms with E-state index in [0.717, 1.165) is 5.56 Å². The minimum Gasteiger partial charge on any atom is -0.497 e. The number of hydrogen-bond acceptors (Lipinski definition) is 8. The maximum Gasteiger partial charge on any atom is 0.338 e. The normalized spacial score (nSPS) is 16.0. The molecule has 1 aromatic heterocycles. The lowest BCUT2D eigenvalue weighted by Crippen LogP contribution is -2.40. The quantitative estimate of drug-likeness (QED) is 0.319. The summed E-state index contributed by atoms with van der Waals surface area (Å²) in [5, 5.41) is 0.414. The van der Waals surface area contributed by atoms with Gasteiger partial charge in [0.2, 0.25) is 6.79 Å². The second-order valence-electron chi connectivity index (χ2n) is 8.94. The van der Waals surface area contributed by atoms with Crippen LogP contribution in [0.4, 0.5) is 0 Å². The molecule has 0 radical (unpaired) electrons. The molecule has 0 unspecified atom stereocenters. The van der Waals surface area contributed by atoms with Crippen LogP contribution in [0.3, 0.4) is 0 Å². The van der Waals surface area contributed by atoms with Gasteiger partial charge in [-0.15, -0.1) is 0 Å². The molecule has 0 saturated heterocycles. The van der Waals surface area contributed by atoms with Crippen LogP contribution in [0.15, 0.2) is 82.1 Å². The number of thiazole rings is 1. The van der Waals surface area contributed by atoms with Gasteiger partial charge in [0.05, 0.1) is 40.6 Å². The second-order valence-corrected chi connectivity index (χ2v) is 10.4. The Balaban J connectivity index is 1.64. The average Bonchev–Trinajstić information content (AvgIpc) is 3.56. The summed E-state index contributed by atoms with van der Waals surface area (Å²) in [4.78, 5) is 32.9. The predicted octanol–water partition coefficient (Wildman–Crippen LogP) is 4.33. The van der Waals surface area contributed by atoms with Crippen molar-refractivity contribution in [3.63, 3.8) is 0 Å². The molecule has 3 aromatic carbocycles. The third-order valence-corrected chi connectivity index (χ3v) is 7.87. The van der Waals surface area contributed by atoms with Crippen LogP contribution in [0.5, 0.6) is 17.2 Å². The lowest BCUT2D eigenvalue weighted by molar-refractivity contribution is -0.138. The molecule has 0 amide bonds. The SMILES string of the molecule is CCOC(=O)C1=C(c2ccccc2)N=c2s/c(=C/c3cc4c(cc3Cl)OCO4)c(=O)n2[C@@H]1c1cccc(OC)c1. The number of carbonyl (C=O) groups excluding carboxylic acids is 1. The monoisotopic (exact) mass is 574 g/mol. The Morgan fingerprint density at radius 2 is 1.90 bits per heavy atom. The maximum absolute atomic E-state index is 14.0. The molecule has 0 fully saturated rings. The van der Waals surface area contributed by atoms with Gasteiger partial charge in [0.1, 0.15) is 5.75 Å². The van der Waals surface area contributed by atoms with Gasteiger partial charge in [-0.3, -0.25) is 9.36 Å². The van der Waals surface area contributed by atoms with E-state index in [0.29, 0.717) is 48.4 Å². The highest BCUT2D eigenvalue weighted by molar-refractivity contribution is 7.07. The Kier molecular flexibility index (Phi) is 6.91. The second kappa shape index (κ2) is 10.7. The van der Waals surface area contributed by atoms with Crippen molar-refractivity contribution in [2.45, 2.75) is 13.0 Å². The van der Waals surface area contributed by atoms with Crippen molar-refractivity contribution in [3.8, 4) is 17.2 Å². The highest BCUT2D eigenvalue weighted by Gasteiger charge is 2.35. The lowest BCUT2D eigenvalue weighted by Gasteiger charge is -2.26. The van der Waals surface area contributed by atoms with Crippen molar-refractivity contribution in [1.29, 1.82) is 0 Å². The summed E-state index contributed by atoms with van der Waals surface area (Å²) in [6.07, 6.45) is 1.70. The fourth-order valence-electron chi connectivity index (χ4n) is 4.75. The number of halogens is 1. The number of rotatable bonds is 6. The van der Waals surface area contributed by atoms with E-state index in [4.69, 9.17) is 35.5 Å². The van der Waals surface area contributed by atoms with Crippen LogP contribution >= 0.6 is 22.9 Å². The van der Waals surface area contributed by atoms with E-state index in [-0.39, 0.29) is 24.5 Å². The molecule has 0 saturated carbocycles. The standard InChI is InChI=1S/C30H23ClN2O6S/c1-3-37-29(35)25-26(17-8-5-4-6-9-17)32-30-33(27(25)18-10-7-11-20(12-18)36-2)28(34)24(40-30)14-19-13-22-23(15-21(19)31)39-16-38-22/h4-15,27H,3,16H2,1-2H3/b24-14+/t27-/m1/s1. The zero-order valence-electron chi connectivity index (χ0n) is 21.5. The smallest absolute Gasteiger partial charge is 0.338 e. The largest absolute Gasteiger partial charge is 0.497 e. The van der Waals surface area contributed by atoms with Gasteiger partial charge in [-0.2, -0.15) is 0 Å². The summed E-state index contributed by atoms with van der Waals surface area (Å²) in [7, 11) is 1.57. The molecule has 2 aliphatic heterocycles. The van der Waals surface area contributed by atoms with Crippen LogP contribution in [0, 0.1) is 0 Å². The van der Waals surface area contributed by atoms with Gasteiger partial charge < -0.3 is 18.9 Å². The van der Waals surface area contributed by atoms with Crippen molar-refractivity contribution >= 4 is 40.7 Å². The predicted molar refractivity (Wildman–Crippen MR) is 152 cm³/mol. The first kappa shape index (κ1) is 25.9. The average molecular weight is 575 g/mol. The molecule has 0 N–H and O–H groups in total. The summed E-state index contributed by atoms with van der Waals surface area (Å²) in [6.45, 7) is 2.02. The van der Waals surface area contributed by atoms with Gasteiger partial charge in [-0.05, 0) is 42.3 Å². The number of hydrogen-bond donors (Lipinski definition) is 0. The summed E-state index contributed by atoms with van der Waals surface area (Å²) >= 11 is 7.73. The highest BCUT2D eigenvalue weighted by Crippen LogP contribution is 2.38. The summed E-state index contributed by atoms with van der Waals surface area (Å²) < 4.78 is 23.8. The molecule has 40 heavy (non-hydrogen) atoms. The van der Waals surface area contributed by atoms with Crippen LogP contribution in [0.2, 0.25) is 5.02 Å². The number of nitrogens with zero attached hydrogens (tertiary/aromatic N) is 2. The fourth-order valence-corrected chi connectivity index (χ4v) is 5.95. The van der Waals surface area contributed by atoms with Crippen molar-refractivity contribution in [2.75, 3.05) is 20.5 Å². The van der Waals surface area contributed by atoms with Gasteiger partial charge in [-0.25, -0.2) is 9.79 Å². The van der Waals surface area contributed by atoms with Crippen molar-refractivity contribution in [2.24, 2.45) is 4.99 Å². The van der Waals surface area contributed by atoms with E-state index in [2.05, 4.69) is 0 Å². The number of esters is 1. The van der Waals surface area contributed by atoms with Crippen molar-refractivity contribution < 1.29 is 23.7 Å². The molecule has 202 valence electrons.